The van der Waals surface area contributed by atoms with Crippen molar-refractivity contribution in [1.82, 2.24) is 29.3 Å². The molecular formula is C19H23N7O3. The van der Waals surface area contributed by atoms with Crippen LogP contribution in [0.25, 0.3) is 0 Å². The number of aryl methyl sites for hydroxylation is 4. The predicted octanol–water partition coefficient (Wildman–Crippen LogP) is 0.991. The minimum absolute atomic E-state index is 0.110. The van der Waals surface area contributed by atoms with Gasteiger partial charge in [0.1, 0.15) is 11.4 Å². The summed E-state index contributed by atoms with van der Waals surface area (Å²) in [7, 11) is 5.09. The van der Waals surface area contributed by atoms with E-state index in [0.29, 0.717) is 24.1 Å². The number of nitrogens with one attached hydrogen (secondary N) is 1. The lowest BCUT2D eigenvalue weighted by molar-refractivity contribution is 0.101. The van der Waals surface area contributed by atoms with E-state index in [1.54, 1.807) is 24.7 Å². The molecule has 10 heteroatoms. The molecule has 2 atom stereocenters. The first-order chi connectivity index (χ1) is 13.8. The van der Waals surface area contributed by atoms with Gasteiger partial charge in [-0.15, -0.1) is 5.10 Å². The number of amides is 1. The summed E-state index contributed by atoms with van der Waals surface area (Å²) in [4.78, 5) is 24.9. The van der Waals surface area contributed by atoms with E-state index >= 15 is 0 Å². The predicted molar refractivity (Wildman–Crippen MR) is 105 cm³/mol. The van der Waals surface area contributed by atoms with E-state index in [1.807, 2.05) is 19.3 Å². The van der Waals surface area contributed by atoms with Gasteiger partial charge in [-0.1, -0.05) is 0 Å². The van der Waals surface area contributed by atoms with E-state index in [4.69, 9.17) is 4.74 Å². The molecule has 0 aliphatic heterocycles. The molecule has 29 heavy (non-hydrogen) atoms. The van der Waals surface area contributed by atoms with Crippen molar-refractivity contribution in [3.63, 3.8) is 0 Å². The molecule has 0 unspecified atom stereocenters. The highest BCUT2D eigenvalue weighted by Crippen LogP contribution is 2.46. The van der Waals surface area contributed by atoms with Crippen molar-refractivity contribution in [1.29, 1.82) is 0 Å². The van der Waals surface area contributed by atoms with Gasteiger partial charge >= 0.3 is 0 Å². The third-order valence-corrected chi connectivity index (χ3v) is 5.01. The highest BCUT2D eigenvalue weighted by Gasteiger charge is 2.40. The van der Waals surface area contributed by atoms with Crippen LogP contribution in [0.4, 0.5) is 5.69 Å². The topological polar surface area (TPSA) is 109 Å². The van der Waals surface area contributed by atoms with E-state index < -0.39 is 11.5 Å². The first-order valence-electron chi connectivity index (χ1n) is 9.34. The number of nitrogens with zero attached hydrogens (tertiary/aromatic N) is 6. The number of hydrogen-bond donors (Lipinski definition) is 1. The smallest absolute Gasteiger partial charge is 0.290 e. The third kappa shape index (κ3) is 3.91. The van der Waals surface area contributed by atoms with E-state index in [9.17, 15) is 9.59 Å². The maximum absolute atomic E-state index is 12.5. The summed E-state index contributed by atoms with van der Waals surface area (Å²) in [6.07, 6.45) is 2.94. The largest absolute Gasteiger partial charge is 0.476 e. The molecule has 0 bridgehead atoms. The molecular weight excluding hydrogens is 374 g/mol. The summed E-state index contributed by atoms with van der Waals surface area (Å²) in [5.74, 6) is 0.616. The van der Waals surface area contributed by atoms with Crippen LogP contribution in [0.15, 0.2) is 29.2 Å². The highest BCUT2D eigenvalue weighted by atomic mass is 16.5. The molecule has 3 aromatic heterocycles. The average Bonchev–Trinajstić information content (AvgIpc) is 3.18. The number of aromatic nitrogens is 6. The monoisotopic (exact) mass is 397 g/mol. The summed E-state index contributed by atoms with van der Waals surface area (Å²) in [6.45, 7) is 2.27. The van der Waals surface area contributed by atoms with Gasteiger partial charge in [0.15, 0.2) is 0 Å². The van der Waals surface area contributed by atoms with Crippen LogP contribution in [0.1, 0.15) is 34.2 Å². The highest BCUT2D eigenvalue weighted by molar-refractivity contribution is 6.03. The van der Waals surface area contributed by atoms with E-state index in [-0.39, 0.29) is 11.6 Å². The molecule has 0 spiro atoms. The van der Waals surface area contributed by atoms with Crippen molar-refractivity contribution < 1.29 is 9.53 Å². The first-order valence-corrected chi connectivity index (χ1v) is 9.34. The van der Waals surface area contributed by atoms with Crippen LogP contribution in [-0.4, -0.2) is 41.9 Å². The second-order valence-electron chi connectivity index (χ2n) is 7.40. The van der Waals surface area contributed by atoms with Crippen LogP contribution in [-0.2, 0) is 21.1 Å². The normalized spacial score (nSPS) is 17.9. The molecule has 1 amide bonds. The van der Waals surface area contributed by atoms with Crippen LogP contribution in [0.2, 0.25) is 0 Å². The van der Waals surface area contributed by atoms with Gasteiger partial charge in [0.05, 0.1) is 18.0 Å². The van der Waals surface area contributed by atoms with Gasteiger partial charge in [0.2, 0.25) is 5.88 Å². The SMILES string of the molecule is Cc1cc(C(=O)Nc2cc(OC[C@H]3C[C@@H]3c3ccn(C)n3)nn(C)c2=O)n(C)n1. The Morgan fingerprint density at radius 1 is 1.21 bits per heavy atom. The van der Waals surface area contributed by atoms with E-state index in [1.165, 1.54) is 17.8 Å². The van der Waals surface area contributed by atoms with Crippen molar-refractivity contribution in [2.24, 2.45) is 27.1 Å². The zero-order chi connectivity index (χ0) is 20.7. The molecule has 3 aromatic rings. The molecule has 1 aliphatic rings. The van der Waals surface area contributed by atoms with Gasteiger partial charge < -0.3 is 10.1 Å². The molecule has 0 aromatic carbocycles. The van der Waals surface area contributed by atoms with Crippen LogP contribution in [0, 0.1) is 12.8 Å². The Labute approximate surface area is 167 Å². The number of anilines is 1. The number of rotatable bonds is 6. The second kappa shape index (κ2) is 7.19. The zero-order valence-electron chi connectivity index (χ0n) is 16.8. The summed E-state index contributed by atoms with van der Waals surface area (Å²) >= 11 is 0. The number of carbonyl (C=O) groups is 1. The fourth-order valence-electron chi connectivity index (χ4n) is 3.37. The molecule has 1 fully saturated rings. The molecule has 1 aliphatic carbocycles. The molecule has 3 heterocycles. The van der Waals surface area contributed by atoms with Gasteiger partial charge in [-0.3, -0.25) is 19.0 Å². The number of hydrogen-bond acceptors (Lipinski definition) is 6. The lowest BCUT2D eigenvalue weighted by Gasteiger charge is -2.10. The second-order valence-corrected chi connectivity index (χ2v) is 7.40. The molecule has 152 valence electrons. The quantitative estimate of drug-likeness (QED) is 0.664. The molecule has 10 nitrogen and oxygen atoms in total. The van der Waals surface area contributed by atoms with Gasteiger partial charge in [-0.25, -0.2) is 4.68 Å². The number of ether oxygens (including phenoxy) is 1. The first kappa shape index (κ1) is 18.9. The standard InChI is InChI=1S/C19H23N7O3/c1-11-7-16(25(3)21-11)18(27)20-15-9-17(23-26(4)19(15)28)29-10-12-8-13(12)14-5-6-24(2)22-14/h5-7,9,12-13H,8,10H2,1-4H3,(H,20,27)/t12-,13+/m1/s1. The van der Waals surface area contributed by atoms with Crippen LogP contribution >= 0.6 is 0 Å². The average molecular weight is 397 g/mol. The third-order valence-electron chi connectivity index (χ3n) is 5.01. The van der Waals surface area contributed by atoms with Crippen LogP contribution in [0.5, 0.6) is 5.88 Å². The van der Waals surface area contributed by atoms with Crippen molar-refractivity contribution in [2.45, 2.75) is 19.3 Å². The van der Waals surface area contributed by atoms with Gasteiger partial charge in [0.25, 0.3) is 11.5 Å². The minimum atomic E-state index is -0.417. The van der Waals surface area contributed by atoms with E-state index in [0.717, 1.165) is 22.5 Å². The van der Waals surface area contributed by atoms with Crippen molar-refractivity contribution >= 4 is 11.6 Å². The van der Waals surface area contributed by atoms with Gasteiger partial charge in [0, 0.05) is 45.2 Å². The Bertz CT molecular complexity index is 1130. The molecule has 0 radical (unpaired) electrons. The Morgan fingerprint density at radius 2 is 2.00 bits per heavy atom. The zero-order valence-corrected chi connectivity index (χ0v) is 16.8. The lowest BCUT2D eigenvalue weighted by Crippen LogP contribution is -2.27. The minimum Gasteiger partial charge on any atom is -0.476 e. The lowest BCUT2D eigenvalue weighted by atomic mass is 10.2. The van der Waals surface area contributed by atoms with Gasteiger partial charge in [-0.2, -0.15) is 10.2 Å². The Hall–Kier alpha value is -3.43. The Kier molecular flexibility index (Phi) is 4.69. The summed E-state index contributed by atoms with van der Waals surface area (Å²) in [6, 6.07) is 5.13. The molecule has 1 saturated carbocycles. The Balaban J connectivity index is 1.44. The van der Waals surface area contributed by atoms with Crippen molar-refractivity contribution in [3.05, 3.63) is 51.8 Å². The van der Waals surface area contributed by atoms with Gasteiger partial charge in [-0.05, 0) is 25.5 Å². The van der Waals surface area contributed by atoms with E-state index in [2.05, 4.69) is 20.6 Å². The molecule has 0 saturated heterocycles. The molecule has 4 rings (SSSR count). The fraction of sp³-hybridized carbons (Fsp3) is 0.421. The summed E-state index contributed by atoms with van der Waals surface area (Å²) in [5.41, 5.74) is 1.84. The number of carbonyl (C=O) groups excluding carboxylic acids is 1. The molecule has 1 N–H and O–H groups in total. The van der Waals surface area contributed by atoms with Crippen molar-refractivity contribution in [3.8, 4) is 5.88 Å². The summed E-state index contributed by atoms with van der Waals surface area (Å²) in [5, 5.41) is 15.3. The fourth-order valence-corrected chi connectivity index (χ4v) is 3.37. The van der Waals surface area contributed by atoms with Crippen LogP contribution in [0.3, 0.4) is 0 Å². The Morgan fingerprint density at radius 3 is 2.66 bits per heavy atom. The maximum Gasteiger partial charge on any atom is 0.290 e. The summed E-state index contributed by atoms with van der Waals surface area (Å²) < 4.78 is 10.2. The maximum atomic E-state index is 12.5. The van der Waals surface area contributed by atoms with Crippen molar-refractivity contribution in [2.75, 3.05) is 11.9 Å². The van der Waals surface area contributed by atoms with Crippen LogP contribution < -0.4 is 15.6 Å².